The van der Waals surface area contributed by atoms with E-state index in [1.54, 1.807) is 12.1 Å². The van der Waals surface area contributed by atoms with Gasteiger partial charge in [0, 0.05) is 33.1 Å². The second-order valence-electron chi connectivity index (χ2n) is 13.9. The first kappa shape index (κ1) is 30.1. The van der Waals surface area contributed by atoms with Crippen molar-refractivity contribution in [2.45, 2.75) is 93.9 Å². The van der Waals surface area contributed by atoms with Gasteiger partial charge in [-0.2, -0.15) is 0 Å². The Balaban J connectivity index is 2.53. The van der Waals surface area contributed by atoms with Crippen molar-refractivity contribution >= 4 is 52.5 Å². The molecule has 8 heteroatoms. The maximum Gasteiger partial charge on any atom is 0.327 e. The number of ether oxygens (including phenoxy) is 2. The van der Waals surface area contributed by atoms with E-state index >= 15 is 0 Å². The quantitative estimate of drug-likeness (QED) is 0.228. The van der Waals surface area contributed by atoms with Crippen LogP contribution in [0, 0.1) is 10.8 Å². The molecule has 0 fully saturated rings. The molecule has 208 valence electrons. The lowest BCUT2D eigenvalue weighted by atomic mass is 9.83. The fraction of sp³-hybridized carbons (Fsp3) is 0.533. The minimum absolute atomic E-state index is 0.355. The highest BCUT2D eigenvalue weighted by Crippen LogP contribution is 2.46. The highest BCUT2D eigenvalue weighted by Gasteiger charge is 2.29. The number of halogens is 1. The Hall–Kier alpha value is -2.43. The largest absolute Gasteiger partial charge is 0.426 e. The molecule has 0 N–H and O–H groups in total. The lowest BCUT2D eigenvalue weighted by molar-refractivity contribution is -0.143. The summed E-state index contributed by atoms with van der Waals surface area (Å²) in [4.78, 5) is 25.7. The highest BCUT2D eigenvalue weighted by atomic mass is 35.7. The summed E-state index contributed by atoms with van der Waals surface area (Å²) < 4.78 is 24.2. The summed E-state index contributed by atoms with van der Waals surface area (Å²) in [5, 5.41) is 1.29. The zero-order valence-corrected chi connectivity index (χ0v) is 26.2. The molecule has 3 rings (SSSR count). The van der Waals surface area contributed by atoms with E-state index in [1.165, 1.54) is 0 Å². The molecule has 0 aliphatic rings. The SMILES string of the molecule is CC(C)(C)C(=O)Oc1cc(C(C)(C)C)c2op(Cl)oc3c(C(C)(C)C)cc(OC(=O)C(C)(C)C)cc3c2c1. The van der Waals surface area contributed by atoms with Gasteiger partial charge in [-0.05, 0) is 76.6 Å². The summed E-state index contributed by atoms with van der Waals surface area (Å²) in [6.45, 7) is 23.1. The standard InChI is InChI=1S/C30H40ClO6P/c1-27(2,3)21-15-17(34-25(32)29(7,8)9)13-19-20-14-18(35-26(33)30(10,11)12)16-22(28(4,5)6)24(20)37-38(31)36-23(19)21/h13-16H,1-12H3. The van der Waals surface area contributed by atoms with Crippen LogP contribution < -0.4 is 9.47 Å². The summed E-state index contributed by atoms with van der Waals surface area (Å²) in [7, 11) is -1.85. The number of carbonyl (C=O) groups is 2. The first-order valence-electron chi connectivity index (χ1n) is 12.7. The summed E-state index contributed by atoms with van der Waals surface area (Å²) in [5.41, 5.74) is 0.578. The zero-order valence-electron chi connectivity index (χ0n) is 24.6. The fourth-order valence-corrected chi connectivity index (χ4v) is 4.85. The Morgan fingerprint density at radius 2 is 0.947 bits per heavy atom. The lowest BCUT2D eigenvalue weighted by Crippen LogP contribution is -2.26. The molecule has 6 nitrogen and oxygen atoms in total. The van der Waals surface area contributed by atoms with E-state index in [1.807, 2.05) is 95.2 Å². The summed E-state index contributed by atoms with van der Waals surface area (Å²) in [6, 6.07) is 7.18. The molecule has 0 atom stereocenters. The topological polar surface area (TPSA) is 78.9 Å². The second-order valence-corrected chi connectivity index (χ2v) is 15.5. The van der Waals surface area contributed by atoms with Gasteiger partial charge in [0.15, 0.2) is 0 Å². The third-order valence-electron chi connectivity index (χ3n) is 6.00. The third-order valence-corrected chi connectivity index (χ3v) is 7.07. The van der Waals surface area contributed by atoms with E-state index < -0.39 is 18.2 Å². The molecule has 0 saturated heterocycles. The van der Waals surface area contributed by atoms with Crippen molar-refractivity contribution in [3.63, 3.8) is 0 Å². The van der Waals surface area contributed by atoms with E-state index in [9.17, 15) is 9.59 Å². The molecule has 0 saturated carbocycles. The number of fused-ring (bicyclic) bond motifs is 3. The maximum absolute atomic E-state index is 12.8. The number of esters is 2. The second kappa shape index (κ2) is 9.95. The molecule has 38 heavy (non-hydrogen) atoms. The Kier molecular flexibility index (Phi) is 7.89. The van der Waals surface area contributed by atoms with Gasteiger partial charge in [0.25, 0.3) is 0 Å². The molecule has 2 aromatic carbocycles. The Morgan fingerprint density at radius 3 is 1.21 bits per heavy atom. The van der Waals surface area contributed by atoms with E-state index in [4.69, 9.17) is 29.1 Å². The minimum atomic E-state index is -1.85. The molecule has 0 bridgehead atoms. The van der Waals surface area contributed by atoms with Crippen molar-refractivity contribution in [1.82, 2.24) is 0 Å². The van der Waals surface area contributed by atoms with Gasteiger partial charge in [0.1, 0.15) is 22.7 Å². The van der Waals surface area contributed by atoms with E-state index in [0.29, 0.717) is 33.4 Å². The highest BCUT2D eigenvalue weighted by molar-refractivity contribution is 7.68. The third kappa shape index (κ3) is 6.58. The van der Waals surface area contributed by atoms with Crippen molar-refractivity contribution in [1.29, 1.82) is 0 Å². The molecule has 0 radical (unpaired) electrons. The monoisotopic (exact) mass is 562 g/mol. The van der Waals surface area contributed by atoms with Crippen LogP contribution in [-0.2, 0) is 20.4 Å². The predicted octanol–water partition coefficient (Wildman–Crippen LogP) is 9.79. The molecule has 0 aliphatic carbocycles. The van der Waals surface area contributed by atoms with E-state index in [-0.39, 0.29) is 22.8 Å². The first-order chi connectivity index (χ1) is 17.1. The molecular formula is C30H40ClO6P. The van der Waals surface area contributed by atoms with E-state index in [0.717, 1.165) is 11.1 Å². The van der Waals surface area contributed by atoms with Gasteiger partial charge >= 0.3 is 19.3 Å². The fourth-order valence-electron chi connectivity index (χ4n) is 3.72. The predicted molar refractivity (Wildman–Crippen MR) is 155 cm³/mol. The zero-order chi connectivity index (χ0) is 29.0. The van der Waals surface area contributed by atoms with Crippen molar-refractivity contribution in [2.24, 2.45) is 10.8 Å². The maximum atomic E-state index is 12.8. The average Bonchev–Trinajstić information content (AvgIpc) is 2.85. The average molecular weight is 563 g/mol. The molecule has 0 spiro atoms. The van der Waals surface area contributed by atoms with Crippen LogP contribution in [0.2, 0.25) is 0 Å². The van der Waals surface area contributed by atoms with Gasteiger partial charge in [-0.25, -0.2) is 0 Å². The Labute approximate surface area is 231 Å². The van der Waals surface area contributed by atoms with Crippen LogP contribution in [0.4, 0.5) is 0 Å². The smallest absolute Gasteiger partial charge is 0.327 e. The van der Waals surface area contributed by atoms with Crippen molar-refractivity contribution in [3.05, 3.63) is 35.4 Å². The van der Waals surface area contributed by atoms with Gasteiger partial charge in [0.05, 0.1) is 10.8 Å². The van der Waals surface area contributed by atoms with Crippen LogP contribution >= 0.6 is 18.6 Å². The van der Waals surface area contributed by atoms with Crippen LogP contribution in [0.15, 0.2) is 32.7 Å². The number of hydrogen-bond acceptors (Lipinski definition) is 6. The van der Waals surface area contributed by atoms with Crippen LogP contribution in [0.25, 0.3) is 21.9 Å². The number of carbonyl (C=O) groups excluding carboxylic acids is 2. The lowest BCUT2D eigenvalue weighted by Gasteiger charge is -2.23. The van der Waals surface area contributed by atoms with Gasteiger partial charge in [-0.1, -0.05) is 41.5 Å². The van der Waals surface area contributed by atoms with E-state index in [2.05, 4.69) is 0 Å². The van der Waals surface area contributed by atoms with Crippen LogP contribution in [0.1, 0.15) is 94.2 Å². The molecule has 1 aromatic heterocycles. The van der Waals surface area contributed by atoms with Crippen molar-refractivity contribution < 1.29 is 27.5 Å². The van der Waals surface area contributed by atoms with Crippen molar-refractivity contribution in [3.8, 4) is 11.5 Å². The number of benzene rings is 2. The molecule has 0 aliphatic heterocycles. The van der Waals surface area contributed by atoms with Gasteiger partial charge in [-0.3, -0.25) is 9.59 Å². The summed E-state index contributed by atoms with van der Waals surface area (Å²) in [5.74, 6) is 0.0639. The summed E-state index contributed by atoms with van der Waals surface area (Å²) >= 11 is 6.64. The van der Waals surface area contributed by atoms with Gasteiger partial charge in [-0.15, -0.1) is 0 Å². The summed E-state index contributed by atoms with van der Waals surface area (Å²) in [6.07, 6.45) is 0. The molecule has 3 aromatic rings. The molecule has 0 amide bonds. The first-order valence-corrected chi connectivity index (χ1v) is 14.8. The Morgan fingerprint density at radius 1 is 0.632 bits per heavy atom. The number of rotatable bonds is 2. The molecular weight excluding hydrogens is 523 g/mol. The van der Waals surface area contributed by atoms with Gasteiger partial charge in [0.2, 0.25) is 0 Å². The van der Waals surface area contributed by atoms with Crippen LogP contribution in [0.3, 0.4) is 0 Å². The normalized spacial score (nSPS) is 13.1. The minimum Gasteiger partial charge on any atom is -0.426 e. The molecule has 0 unspecified atom stereocenters. The number of hydrogen-bond donors (Lipinski definition) is 0. The van der Waals surface area contributed by atoms with Gasteiger partial charge < -0.3 is 17.9 Å². The molecule has 1 heterocycles. The van der Waals surface area contributed by atoms with Crippen LogP contribution in [0.5, 0.6) is 11.5 Å². The Bertz CT molecular complexity index is 1330. The van der Waals surface area contributed by atoms with Crippen LogP contribution in [-0.4, -0.2) is 11.9 Å². The van der Waals surface area contributed by atoms with Crippen molar-refractivity contribution in [2.75, 3.05) is 0 Å².